The summed E-state index contributed by atoms with van der Waals surface area (Å²) in [6.45, 7) is 2.55. The van der Waals surface area contributed by atoms with Crippen LogP contribution in [0, 0.1) is 12.8 Å². The van der Waals surface area contributed by atoms with Crippen LogP contribution in [0.15, 0.2) is 65.5 Å². The number of carbonyl (C=O) groups is 2. The number of thiophene rings is 1. The lowest BCUT2D eigenvalue weighted by Gasteiger charge is -2.29. The number of rotatable bonds is 5. The first-order valence-electron chi connectivity index (χ1n) is 11.4. The lowest BCUT2D eigenvalue weighted by Crippen LogP contribution is -2.39. The fraction of sp³-hybridized carbons (Fsp3) is 0.231. The minimum atomic E-state index is -0.961. The molecule has 3 aromatic heterocycles. The number of likely N-dealkylation sites (tertiary alicyclic amines) is 1. The van der Waals surface area contributed by atoms with E-state index in [1.54, 1.807) is 10.6 Å². The van der Waals surface area contributed by atoms with Crippen LogP contribution in [-0.4, -0.2) is 44.5 Å². The van der Waals surface area contributed by atoms with E-state index in [0.717, 1.165) is 16.8 Å². The molecule has 1 aliphatic rings. The third kappa shape index (κ3) is 4.42. The van der Waals surface area contributed by atoms with Gasteiger partial charge in [-0.1, -0.05) is 24.3 Å². The Hall–Kier alpha value is -3.98. The monoisotopic (exact) mass is 488 g/mol. The summed E-state index contributed by atoms with van der Waals surface area (Å²) in [6.07, 6.45) is -0.0301. The predicted octanol–water partition coefficient (Wildman–Crippen LogP) is 5.07. The van der Waals surface area contributed by atoms with Crippen LogP contribution in [0.5, 0.6) is 0 Å². The highest BCUT2D eigenvalue weighted by Crippen LogP contribution is 2.40. The van der Waals surface area contributed by atoms with Gasteiger partial charge in [-0.3, -0.25) is 14.2 Å². The number of benzene rings is 1. The molecular formula is C26H24N4O4S. The molecule has 0 aliphatic carbocycles. The molecule has 0 spiro atoms. The van der Waals surface area contributed by atoms with Gasteiger partial charge in [0.2, 0.25) is 0 Å². The summed E-state index contributed by atoms with van der Waals surface area (Å²) in [7, 11) is 0. The molecule has 4 aromatic rings. The normalized spacial score (nSPS) is 14.3. The number of hydrogen-bond donors (Lipinski definition) is 2. The third-order valence-corrected chi connectivity index (χ3v) is 7.46. The van der Waals surface area contributed by atoms with Gasteiger partial charge >= 0.3 is 6.09 Å². The molecule has 0 bridgehead atoms. The molecule has 5 rings (SSSR count). The number of nitrogens with zero attached hydrogens (tertiary/aromatic N) is 3. The standard InChI is InChI=1S/C26H24N4O4S/c1-16-6-5-9-20(27-16)28-22-19-10-11-21(31)30(18-7-3-2-4-8-18)25(19)35-24(22)23(32)17-12-14-29(15-13-17)26(33)34/h2-11,17H,12-15H2,1H3,(H,27,28)(H,33,34). The molecule has 1 aromatic carbocycles. The van der Waals surface area contributed by atoms with Crippen LogP contribution in [0.2, 0.25) is 0 Å². The van der Waals surface area contributed by atoms with E-state index in [-0.39, 0.29) is 17.3 Å². The first kappa shape index (κ1) is 22.8. The van der Waals surface area contributed by atoms with Crippen LogP contribution in [0.1, 0.15) is 28.2 Å². The number of carboxylic acid groups (broad SMARTS) is 1. The van der Waals surface area contributed by atoms with E-state index in [9.17, 15) is 19.5 Å². The van der Waals surface area contributed by atoms with Crippen molar-refractivity contribution < 1.29 is 14.7 Å². The van der Waals surface area contributed by atoms with E-state index in [1.807, 2.05) is 55.5 Å². The fourth-order valence-electron chi connectivity index (χ4n) is 4.46. The van der Waals surface area contributed by atoms with Crippen molar-refractivity contribution in [2.24, 2.45) is 5.92 Å². The molecule has 0 radical (unpaired) electrons. The molecule has 0 saturated carbocycles. The number of aromatic nitrogens is 2. The average Bonchev–Trinajstić information content (AvgIpc) is 3.22. The molecule has 35 heavy (non-hydrogen) atoms. The van der Waals surface area contributed by atoms with Gasteiger partial charge in [-0.2, -0.15) is 0 Å². The number of aryl methyl sites for hydroxylation is 1. The smallest absolute Gasteiger partial charge is 0.407 e. The number of Topliss-reactive ketones (excluding diaryl/α,β-unsaturated/α-hetero) is 1. The number of nitrogens with one attached hydrogen (secondary N) is 1. The van der Waals surface area contributed by atoms with Gasteiger partial charge in [0.05, 0.1) is 16.3 Å². The number of anilines is 2. The molecule has 0 atom stereocenters. The van der Waals surface area contributed by atoms with Gasteiger partial charge in [0, 0.05) is 36.2 Å². The van der Waals surface area contributed by atoms with Crippen LogP contribution >= 0.6 is 11.3 Å². The highest BCUT2D eigenvalue weighted by atomic mass is 32.1. The molecule has 1 amide bonds. The molecule has 1 aliphatic heterocycles. The van der Waals surface area contributed by atoms with Crippen molar-refractivity contribution in [3.8, 4) is 5.69 Å². The minimum Gasteiger partial charge on any atom is -0.465 e. The Morgan fingerprint density at radius 2 is 1.77 bits per heavy atom. The van der Waals surface area contributed by atoms with E-state index in [1.165, 1.54) is 22.3 Å². The van der Waals surface area contributed by atoms with Gasteiger partial charge in [-0.05, 0) is 50.1 Å². The molecule has 178 valence electrons. The van der Waals surface area contributed by atoms with Gasteiger partial charge in [-0.15, -0.1) is 11.3 Å². The molecular weight excluding hydrogens is 464 g/mol. The number of hydrogen-bond acceptors (Lipinski definition) is 6. The van der Waals surface area contributed by atoms with Gasteiger partial charge in [0.1, 0.15) is 10.6 Å². The van der Waals surface area contributed by atoms with Crippen molar-refractivity contribution >= 4 is 44.9 Å². The van der Waals surface area contributed by atoms with Crippen LogP contribution in [-0.2, 0) is 0 Å². The molecule has 1 saturated heterocycles. The lowest BCUT2D eigenvalue weighted by atomic mass is 9.91. The average molecular weight is 489 g/mol. The third-order valence-electron chi connectivity index (χ3n) is 6.26. The number of fused-ring (bicyclic) bond motifs is 1. The second kappa shape index (κ2) is 9.34. The maximum Gasteiger partial charge on any atom is 0.407 e. The first-order valence-corrected chi connectivity index (χ1v) is 12.2. The van der Waals surface area contributed by atoms with Crippen LogP contribution in [0.4, 0.5) is 16.3 Å². The van der Waals surface area contributed by atoms with Crippen molar-refractivity contribution in [1.29, 1.82) is 0 Å². The summed E-state index contributed by atoms with van der Waals surface area (Å²) in [6, 6.07) is 18.2. The Balaban J connectivity index is 1.63. The molecule has 8 nitrogen and oxygen atoms in total. The topological polar surface area (TPSA) is 105 Å². The van der Waals surface area contributed by atoms with E-state index in [2.05, 4.69) is 10.3 Å². The predicted molar refractivity (Wildman–Crippen MR) is 136 cm³/mol. The van der Waals surface area contributed by atoms with E-state index >= 15 is 0 Å². The van der Waals surface area contributed by atoms with Gasteiger partial charge in [0.15, 0.2) is 5.78 Å². The van der Waals surface area contributed by atoms with E-state index < -0.39 is 6.09 Å². The van der Waals surface area contributed by atoms with Crippen molar-refractivity contribution in [2.45, 2.75) is 19.8 Å². The highest BCUT2D eigenvalue weighted by Gasteiger charge is 2.31. The summed E-state index contributed by atoms with van der Waals surface area (Å²) in [5.74, 6) is 0.275. The van der Waals surface area contributed by atoms with Crippen molar-refractivity contribution in [2.75, 3.05) is 18.4 Å². The largest absolute Gasteiger partial charge is 0.465 e. The number of ketones is 1. The SMILES string of the molecule is Cc1cccc(Nc2c(C(=O)C3CCN(C(=O)O)CC3)sc3c2ccc(=O)n3-c2ccccc2)n1. The first-order chi connectivity index (χ1) is 16.9. The lowest BCUT2D eigenvalue weighted by molar-refractivity contribution is 0.0826. The van der Waals surface area contributed by atoms with E-state index in [4.69, 9.17) is 0 Å². The molecule has 0 unspecified atom stereocenters. The van der Waals surface area contributed by atoms with Crippen LogP contribution in [0.3, 0.4) is 0 Å². The van der Waals surface area contributed by atoms with Crippen LogP contribution in [0.25, 0.3) is 15.9 Å². The van der Waals surface area contributed by atoms with Crippen molar-refractivity contribution in [3.63, 3.8) is 0 Å². The number of pyridine rings is 2. The second-order valence-corrected chi connectivity index (χ2v) is 9.56. The Morgan fingerprint density at radius 1 is 1.03 bits per heavy atom. The summed E-state index contributed by atoms with van der Waals surface area (Å²) in [5, 5.41) is 13.4. The zero-order chi connectivity index (χ0) is 24.5. The quantitative estimate of drug-likeness (QED) is 0.380. The van der Waals surface area contributed by atoms with E-state index in [0.29, 0.717) is 47.1 Å². The Labute approximate surface area is 205 Å². The number of para-hydroxylation sites is 1. The maximum absolute atomic E-state index is 13.8. The zero-order valence-electron chi connectivity index (χ0n) is 19.1. The zero-order valence-corrected chi connectivity index (χ0v) is 19.9. The summed E-state index contributed by atoms with van der Waals surface area (Å²) in [4.78, 5) is 45.0. The van der Waals surface area contributed by atoms with Crippen molar-refractivity contribution in [1.82, 2.24) is 14.5 Å². The summed E-state index contributed by atoms with van der Waals surface area (Å²) >= 11 is 1.29. The van der Waals surface area contributed by atoms with Gasteiger partial charge < -0.3 is 15.3 Å². The molecule has 1 fully saturated rings. The maximum atomic E-state index is 13.8. The number of amides is 1. The summed E-state index contributed by atoms with van der Waals surface area (Å²) in [5.41, 5.74) is 2.00. The summed E-state index contributed by atoms with van der Waals surface area (Å²) < 4.78 is 1.62. The van der Waals surface area contributed by atoms with Crippen molar-refractivity contribution in [3.05, 3.63) is 81.6 Å². The minimum absolute atomic E-state index is 0.0431. The Morgan fingerprint density at radius 3 is 2.46 bits per heavy atom. The van der Waals surface area contributed by atoms with Crippen LogP contribution < -0.4 is 10.9 Å². The number of carbonyl (C=O) groups excluding carboxylic acids is 1. The molecule has 4 heterocycles. The Kier molecular flexibility index (Phi) is 6.08. The second-order valence-electron chi connectivity index (χ2n) is 8.56. The van der Waals surface area contributed by atoms with Gasteiger partial charge in [0.25, 0.3) is 5.56 Å². The van der Waals surface area contributed by atoms with Gasteiger partial charge in [-0.25, -0.2) is 9.78 Å². The highest BCUT2D eigenvalue weighted by molar-refractivity contribution is 7.21. The molecule has 2 N–H and O–H groups in total. The molecule has 9 heteroatoms. The fourth-order valence-corrected chi connectivity index (χ4v) is 5.75. The Bertz CT molecular complexity index is 1470. The number of piperidine rings is 1.